The number of nitrogens with one attached hydrogen (secondary N) is 1. The molecule has 2 rings (SSSR count). The summed E-state index contributed by atoms with van der Waals surface area (Å²) in [5, 5.41) is 12.0. The normalized spacial score (nSPS) is 19.9. The standard InChI is InChI=1S/C13H19N3O2/c14-10-3-1-4-11(7-10)15-13(18)8-16-6-2-5-12(16)9-17/h1,3-4,7,12,17H,2,5-6,8-9,14H2,(H,15,18). The number of carbonyl (C=O) groups is 1. The second-order valence-corrected chi connectivity index (χ2v) is 4.62. The highest BCUT2D eigenvalue weighted by Gasteiger charge is 2.25. The van der Waals surface area contributed by atoms with E-state index < -0.39 is 0 Å². The lowest BCUT2D eigenvalue weighted by atomic mass is 10.2. The van der Waals surface area contributed by atoms with Crippen molar-refractivity contribution in [1.82, 2.24) is 4.90 Å². The van der Waals surface area contributed by atoms with Crippen molar-refractivity contribution in [3.8, 4) is 0 Å². The van der Waals surface area contributed by atoms with Crippen LogP contribution in [0, 0.1) is 0 Å². The number of carbonyl (C=O) groups excluding carboxylic acids is 1. The number of amides is 1. The Labute approximate surface area is 107 Å². The summed E-state index contributed by atoms with van der Waals surface area (Å²) >= 11 is 0. The fourth-order valence-electron chi connectivity index (χ4n) is 2.31. The smallest absolute Gasteiger partial charge is 0.238 e. The number of likely N-dealkylation sites (tertiary alicyclic amines) is 1. The maximum absolute atomic E-state index is 11.9. The number of nitrogen functional groups attached to an aromatic ring is 1. The van der Waals surface area contributed by atoms with Crippen LogP contribution in [0.25, 0.3) is 0 Å². The van der Waals surface area contributed by atoms with Crippen LogP contribution in [0.2, 0.25) is 0 Å². The number of anilines is 2. The Morgan fingerprint density at radius 3 is 3.11 bits per heavy atom. The fraction of sp³-hybridized carbons (Fsp3) is 0.462. The zero-order valence-corrected chi connectivity index (χ0v) is 10.3. The van der Waals surface area contributed by atoms with E-state index in [4.69, 9.17) is 5.73 Å². The Balaban J connectivity index is 1.89. The summed E-state index contributed by atoms with van der Waals surface area (Å²) < 4.78 is 0. The summed E-state index contributed by atoms with van der Waals surface area (Å²) in [6, 6.07) is 7.24. The molecule has 98 valence electrons. The number of rotatable bonds is 4. The number of benzene rings is 1. The van der Waals surface area contributed by atoms with Gasteiger partial charge in [-0.25, -0.2) is 0 Å². The number of nitrogens with two attached hydrogens (primary N) is 1. The predicted molar refractivity (Wildman–Crippen MR) is 71.2 cm³/mol. The average molecular weight is 249 g/mol. The molecule has 1 amide bonds. The van der Waals surface area contributed by atoms with E-state index in [1.54, 1.807) is 18.2 Å². The van der Waals surface area contributed by atoms with E-state index in [0.29, 0.717) is 17.9 Å². The van der Waals surface area contributed by atoms with Gasteiger partial charge in [0.05, 0.1) is 13.2 Å². The predicted octanol–water partition coefficient (Wildman–Crippen LogP) is 0.664. The van der Waals surface area contributed by atoms with Crippen LogP contribution in [0.1, 0.15) is 12.8 Å². The maximum Gasteiger partial charge on any atom is 0.238 e. The van der Waals surface area contributed by atoms with Gasteiger partial charge in [-0.15, -0.1) is 0 Å². The minimum atomic E-state index is -0.0686. The highest BCUT2D eigenvalue weighted by molar-refractivity contribution is 5.92. The summed E-state index contributed by atoms with van der Waals surface area (Å²) in [7, 11) is 0. The summed E-state index contributed by atoms with van der Waals surface area (Å²) in [6.45, 7) is 1.31. The van der Waals surface area contributed by atoms with Crippen molar-refractivity contribution < 1.29 is 9.90 Å². The molecular weight excluding hydrogens is 230 g/mol. The van der Waals surface area contributed by atoms with Crippen molar-refractivity contribution in [2.24, 2.45) is 0 Å². The van der Waals surface area contributed by atoms with Crippen LogP contribution >= 0.6 is 0 Å². The second kappa shape index (κ2) is 5.84. The third-order valence-electron chi connectivity index (χ3n) is 3.23. The van der Waals surface area contributed by atoms with Crippen molar-refractivity contribution in [3.63, 3.8) is 0 Å². The molecule has 1 aromatic carbocycles. The van der Waals surface area contributed by atoms with Crippen molar-refractivity contribution in [3.05, 3.63) is 24.3 Å². The van der Waals surface area contributed by atoms with Gasteiger partial charge in [0.15, 0.2) is 0 Å². The molecule has 5 nitrogen and oxygen atoms in total. The lowest BCUT2D eigenvalue weighted by Gasteiger charge is -2.21. The van der Waals surface area contributed by atoms with Crippen LogP contribution in [0.15, 0.2) is 24.3 Å². The average Bonchev–Trinajstić information content (AvgIpc) is 2.76. The molecule has 1 aromatic rings. The molecule has 18 heavy (non-hydrogen) atoms. The second-order valence-electron chi connectivity index (χ2n) is 4.62. The van der Waals surface area contributed by atoms with Crippen molar-refractivity contribution in [1.29, 1.82) is 0 Å². The summed E-state index contributed by atoms with van der Waals surface area (Å²) in [5.41, 5.74) is 6.98. The monoisotopic (exact) mass is 249 g/mol. The third-order valence-corrected chi connectivity index (χ3v) is 3.23. The van der Waals surface area contributed by atoms with Crippen LogP contribution in [0.5, 0.6) is 0 Å². The molecule has 0 spiro atoms. The molecule has 0 radical (unpaired) electrons. The number of aliphatic hydroxyl groups excluding tert-OH is 1. The highest BCUT2D eigenvalue weighted by atomic mass is 16.3. The molecule has 0 bridgehead atoms. The van der Waals surface area contributed by atoms with Crippen LogP contribution in [-0.4, -0.2) is 41.7 Å². The Bertz CT molecular complexity index is 422. The van der Waals surface area contributed by atoms with Crippen LogP contribution in [-0.2, 0) is 4.79 Å². The number of hydrogen-bond donors (Lipinski definition) is 3. The van der Waals surface area contributed by atoms with Gasteiger partial charge in [0.1, 0.15) is 0 Å². The van der Waals surface area contributed by atoms with Gasteiger partial charge >= 0.3 is 0 Å². The Kier molecular flexibility index (Phi) is 4.17. The molecule has 1 saturated heterocycles. The summed E-state index contributed by atoms with van der Waals surface area (Å²) in [4.78, 5) is 13.9. The van der Waals surface area contributed by atoms with E-state index in [0.717, 1.165) is 19.4 Å². The van der Waals surface area contributed by atoms with Crippen molar-refractivity contribution >= 4 is 17.3 Å². The maximum atomic E-state index is 11.9. The third kappa shape index (κ3) is 3.21. The van der Waals surface area contributed by atoms with E-state index in [2.05, 4.69) is 5.32 Å². The lowest BCUT2D eigenvalue weighted by Crippen LogP contribution is -2.38. The van der Waals surface area contributed by atoms with E-state index >= 15 is 0 Å². The quantitative estimate of drug-likeness (QED) is 0.685. The summed E-state index contributed by atoms with van der Waals surface area (Å²) in [6.07, 6.45) is 2.00. The lowest BCUT2D eigenvalue weighted by molar-refractivity contribution is -0.117. The van der Waals surface area contributed by atoms with Crippen LogP contribution in [0.4, 0.5) is 11.4 Å². The zero-order chi connectivity index (χ0) is 13.0. The molecule has 1 unspecified atom stereocenters. The molecule has 1 heterocycles. The molecule has 0 aliphatic carbocycles. The van der Waals surface area contributed by atoms with Gasteiger partial charge in [-0.05, 0) is 37.6 Å². The van der Waals surface area contributed by atoms with E-state index in [1.165, 1.54) is 0 Å². The topological polar surface area (TPSA) is 78.6 Å². The van der Waals surface area contributed by atoms with Gasteiger partial charge in [-0.2, -0.15) is 0 Å². The van der Waals surface area contributed by atoms with Crippen LogP contribution < -0.4 is 11.1 Å². The van der Waals surface area contributed by atoms with Gasteiger partial charge in [0.2, 0.25) is 5.91 Å². The van der Waals surface area contributed by atoms with Gasteiger partial charge < -0.3 is 16.2 Å². The first-order valence-corrected chi connectivity index (χ1v) is 6.19. The fourth-order valence-corrected chi connectivity index (χ4v) is 2.31. The van der Waals surface area contributed by atoms with E-state index in [1.807, 2.05) is 11.0 Å². The van der Waals surface area contributed by atoms with Gasteiger partial charge in [-0.3, -0.25) is 9.69 Å². The molecule has 5 heteroatoms. The van der Waals surface area contributed by atoms with Crippen LogP contribution in [0.3, 0.4) is 0 Å². The minimum Gasteiger partial charge on any atom is -0.399 e. The Morgan fingerprint density at radius 1 is 1.56 bits per heavy atom. The molecule has 0 saturated carbocycles. The molecule has 0 aromatic heterocycles. The molecule has 1 atom stereocenters. The molecule has 1 aliphatic rings. The molecule has 1 fully saturated rings. The first kappa shape index (κ1) is 12.9. The van der Waals surface area contributed by atoms with E-state index in [-0.39, 0.29) is 18.6 Å². The Morgan fingerprint density at radius 2 is 2.39 bits per heavy atom. The largest absolute Gasteiger partial charge is 0.399 e. The number of hydrogen-bond acceptors (Lipinski definition) is 4. The molecular formula is C13H19N3O2. The van der Waals surface area contributed by atoms with Crippen molar-refractivity contribution in [2.45, 2.75) is 18.9 Å². The number of aliphatic hydroxyl groups is 1. The first-order chi connectivity index (χ1) is 8.69. The van der Waals surface area contributed by atoms with Crippen molar-refractivity contribution in [2.75, 3.05) is 30.7 Å². The SMILES string of the molecule is Nc1cccc(NC(=O)CN2CCCC2CO)c1. The zero-order valence-electron chi connectivity index (χ0n) is 10.3. The highest BCUT2D eigenvalue weighted by Crippen LogP contribution is 2.17. The first-order valence-electron chi connectivity index (χ1n) is 6.19. The Hall–Kier alpha value is -1.59. The van der Waals surface area contributed by atoms with E-state index in [9.17, 15) is 9.90 Å². The minimum absolute atomic E-state index is 0.0686. The summed E-state index contributed by atoms with van der Waals surface area (Å²) in [5.74, 6) is -0.0686. The molecule has 4 N–H and O–H groups in total. The molecule has 1 aliphatic heterocycles. The van der Waals surface area contributed by atoms with Gasteiger partial charge in [-0.1, -0.05) is 6.07 Å². The van der Waals surface area contributed by atoms with Gasteiger partial charge in [0, 0.05) is 17.4 Å². The number of nitrogens with zero attached hydrogens (tertiary/aromatic N) is 1. The van der Waals surface area contributed by atoms with Gasteiger partial charge in [0.25, 0.3) is 0 Å².